The standard InChI is InChI=1S/C15H23NO4/c1-11(4-5-17-2)16-10-12-8-13(18-3)15-14(9-12)19-6-7-20-15/h8-9,11,16H,4-7,10H2,1-3H3. The van der Waals surface area contributed by atoms with E-state index in [2.05, 4.69) is 12.2 Å². The van der Waals surface area contributed by atoms with Gasteiger partial charge in [-0.25, -0.2) is 0 Å². The van der Waals surface area contributed by atoms with E-state index in [9.17, 15) is 0 Å². The van der Waals surface area contributed by atoms with Crippen molar-refractivity contribution in [3.05, 3.63) is 17.7 Å². The summed E-state index contributed by atoms with van der Waals surface area (Å²) in [5.74, 6) is 2.19. The minimum absolute atomic E-state index is 0.397. The summed E-state index contributed by atoms with van der Waals surface area (Å²) in [6, 6.07) is 4.39. The van der Waals surface area contributed by atoms with Crippen molar-refractivity contribution in [1.29, 1.82) is 0 Å². The largest absolute Gasteiger partial charge is 0.493 e. The van der Waals surface area contributed by atoms with E-state index < -0.39 is 0 Å². The number of benzene rings is 1. The van der Waals surface area contributed by atoms with Crippen LogP contribution in [0.3, 0.4) is 0 Å². The molecule has 1 atom stereocenters. The topological polar surface area (TPSA) is 49.0 Å². The molecule has 1 aromatic rings. The van der Waals surface area contributed by atoms with Gasteiger partial charge in [0.25, 0.3) is 0 Å². The Morgan fingerprint density at radius 3 is 2.80 bits per heavy atom. The molecule has 0 bridgehead atoms. The molecule has 0 radical (unpaired) electrons. The van der Waals surface area contributed by atoms with Crippen LogP contribution in [-0.2, 0) is 11.3 Å². The summed E-state index contributed by atoms with van der Waals surface area (Å²) in [6.07, 6.45) is 0.984. The van der Waals surface area contributed by atoms with Gasteiger partial charge in [-0.3, -0.25) is 0 Å². The number of hydrogen-bond acceptors (Lipinski definition) is 5. The van der Waals surface area contributed by atoms with Gasteiger partial charge >= 0.3 is 0 Å². The van der Waals surface area contributed by atoms with Crippen molar-refractivity contribution in [2.45, 2.75) is 25.9 Å². The Kier molecular flexibility index (Phi) is 5.49. The zero-order valence-corrected chi connectivity index (χ0v) is 12.4. The Labute approximate surface area is 120 Å². The molecule has 1 heterocycles. The highest BCUT2D eigenvalue weighted by Crippen LogP contribution is 2.40. The van der Waals surface area contributed by atoms with Crippen LogP contribution in [0.15, 0.2) is 12.1 Å². The van der Waals surface area contributed by atoms with Crippen molar-refractivity contribution in [2.24, 2.45) is 0 Å². The fraction of sp³-hybridized carbons (Fsp3) is 0.600. The van der Waals surface area contributed by atoms with Crippen LogP contribution < -0.4 is 19.5 Å². The van der Waals surface area contributed by atoms with Crippen molar-refractivity contribution >= 4 is 0 Å². The van der Waals surface area contributed by atoms with Gasteiger partial charge < -0.3 is 24.3 Å². The molecule has 5 heteroatoms. The molecule has 0 fully saturated rings. The van der Waals surface area contributed by atoms with E-state index in [-0.39, 0.29) is 0 Å². The Bertz CT molecular complexity index is 419. The van der Waals surface area contributed by atoms with Crippen molar-refractivity contribution in [2.75, 3.05) is 34.0 Å². The number of hydrogen-bond donors (Lipinski definition) is 1. The van der Waals surface area contributed by atoms with Crippen LogP contribution in [0.4, 0.5) is 0 Å². The minimum atomic E-state index is 0.397. The van der Waals surface area contributed by atoms with Crippen molar-refractivity contribution in [3.63, 3.8) is 0 Å². The molecule has 1 aliphatic rings. The summed E-state index contributed by atoms with van der Waals surface area (Å²) in [5.41, 5.74) is 1.12. The predicted molar refractivity (Wildman–Crippen MR) is 76.8 cm³/mol. The van der Waals surface area contributed by atoms with Crippen LogP contribution in [-0.4, -0.2) is 40.1 Å². The molecule has 0 saturated carbocycles. The maximum absolute atomic E-state index is 5.63. The summed E-state index contributed by atoms with van der Waals surface area (Å²) in [5, 5.41) is 3.46. The van der Waals surface area contributed by atoms with Crippen LogP contribution in [0.2, 0.25) is 0 Å². The molecule has 0 amide bonds. The zero-order chi connectivity index (χ0) is 14.4. The van der Waals surface area contributed by atoms with Gasteiger partial charge in [-0.15, -0.1) is 0 Å². The highest BCUT2D eigenvalue weighted by molar-refractivity contribution is 5.54. The van der Waals surface area contributed by atoms with Crippen molar-refractivity contribution in [1.82, 2.24) is 5.32 Å². The van der Waals surface area contributed by atoms with Gasteiger partial charge in [0.15, 0.2) is 11.5 Å². The molecular weight excluding hydrogens is 258 g/mol. The molecule has 0 aromatic heterocycles. The fourth-order valence-electron chi connectivity index (χ4n) is 2.12. The lowest BCUT2D eigenvalue weighted by molar-refractivity contribution is 0.164. The average molecular weight is 281 g/mol. The van der Waals surface area contributed by atoms with Crippen LogP contribution in [0.1, 0.15) is 18.9 Å². The van der Waals surface area contributed by atoms with E-state index in [0.717, 1.165) is 36.6 Å². The summed E-state index contributed by atoms with van der Waals surface area (Å²) in [4.78, 5) is 0. The molecule has 0 aliphatic carbocycles. The van der Waals surface area contributed by atoms with Gasteiger partial charge in [0.2, 0.25) is 5.75 Å². The van der Waals surface area contributed by atoms with Gasteiger partial charge in [0.1, 0.15) is 13.2 Å². The van der Waals surface area contributed by atoms with Gasteiger partial charge in [-0.1, -0.05) is 0 Å². The van der Waals surface area contributed by atoms with E-state index >= 15 is 0 Å². The number of fused-ring (bicyclic) bond motifs is 1. The van der Waals surface area contributed by atoms with Crippen LogP contribution in [0.5, 0.6) is 17.2 Å². The van der Waals surface area contributed by atoms with Gasteiger partial charge in [0, 0.05) is 26.3 Å². The van der Waals surface area contributed by atoms with Gasteiger partial charge in [-0.2, -0.15) is 0 Å². The van der Waals surface area contributed by atoms with Crippen LogP contribution >= 0.6 is 0 Å². The van der Waals surface area contributed by atoms with Crippen molar-refractivity contribution < 1.29 is 18.9 Å². The lowest BCUT2D eigenvalue weighted by Gasteiger charge is -2.22. The Morgan fingerprint density at radius 2 is 2.05 bits per heavy atom. The maximum atomic E-state index is 5.63. The first-order valence-electron chi connectivity index (χ1n) is 6.93. The van der Waals surface area contributed by atoms with Gasteiger partial charge in [0.05, 0.1) is 7.11 Å². The maximum Gasteiger partial charge on any atom is 0.203 e. The summed E-state index contributed by atoms with van der Waals surface area (Å²) < 4.78 is 21.7. The van der Waals surface area contributed by atoms with Crippen LogP contribution in [0, 0.1) is 0 Å². The molecule has 112 valence electrons. The molecule has 1 unspecified atom stereocenters. The predicted octanol–water partition coefficient (Wildman–Crippen LogP) is 1.98. The summed E-state index contributed by atoms with van der Waals surface area (Å²) in [6.45, 7) is 4.82. The smallest absolute Gasteiger partial charge is 0.203 e. The highest BCUT2D eigenvalue weighted by Gasteiger charge is 2.18. The fourth-order valence-corrected chi connectivity index (χ4v) is 2.12. The zero-order valence-electron chi connectivity index (χ0n) is 12.4. The van der Waals surface area contributed by atoms with E-state index in [1.54, 1.807) is 14.2 Å². The normalized spacial score (nSPS) is 14.9. The Balaban J connectivity index is 2.01. The molecule has 0 saturated heterocycles. The molecule has 1 aromatic carbocycles. The molecule has 2 rings (SSSR count). The van der Waals surface area contributed by atoms with E-state index in [0.29, 0.717) is 25.0 Å². The van der Waals surface area contributed by atoms with Crippen molar-refractivity contribution in [3.8, 4) is 17.2 Å². The first-order valence-corrected chi connectivity index (χ1v) is 6.93. The SMILES string of the molecule is COCCC(C)NCc1cc(OC)c2c(c1)OCCO2. The first kappa shape index (κ1) is 14.9. The quantitative estimate of drug-likeness (QED) is 0.828. The number of rotatable bonds is 7. The number of methoxy groups -OCH3 is 2. The third-order valence-electron chi connectivity index (χ3n) is 3.30. The second-order valence-electron chi connectivity index (χ2n) is 4.89. The minimum Gasteiger partial charge on any atom is -0.493 e. The second-order valence-corrected chi connectivity index (χ2v) is 4.89. The lowest BCUT2D eigenvalue weighted by atomic mass is 10.1. The van der Waals surface area contributed by atoms with E-state index in [1.807, 2.05) is 12.1 Å². The van der Waals surface area contributed by atoms with Gasteiger partial charge in [-0.05, 0) is 31.0 Å². The molecular formula is C15H23NO4. The number of ether oxygens (including phenoxy) is 4. The molecule has 1 N–H and O–H groups in total. The third-order valence-corrected chi connectivity index (χ3v) is 3.30. The van der Waals surface area contributed by atoms with E-state index in [1.165, 1.54) is 0 Å². The molecule has 20 heavy (non-hydrogen) atoms. The van der Waals surface area contributed by atoms with E-state index in [4.69, 9.17) is 18.9 Å². The Hall–Kier alpha value is -1.46. The highest BCUT2D eigenvalue weighted by atomic mass is 16.6. The molecule has 5 nitrogen and oxygen atoms in total. The average Bonchev–Trinajstić information content (AvgIpc) is 2.49. The molecule has 0 spiro atoms. The second kappa shape index (κ2) is 7.36. The lowest BCUT2D eigenvalue weighted by Crippen LogP contribution is -2.26. The molecule has 1 aliphatic heterocycles. The van der Waals surface area contributed by atoms with Crippen LogP contribution in [0.25, 0.3) is 0 Å². The third kappa shape index (κ3) is 3.77. The Morgan fingerprint density at radius 1 is 1.25 bits per heavy atom. The monoisotopic (exact) mass is 281 g/mol. The number of nitrogens with one attached hydrogen (secondary N) is 1. The first-order chi connectivity index (χ1) is 9.74. The summed E-state index contributed by atoms with van der Waals surface area (Å²) >= 11 is 0. The summed E-state index contributed by atoms with van der Waals surface area (Å²) in [7, 11) is 3.37.